The average molecular weight is 343 g/mol. The predicted molar refractivity (Wildman–Crippen MR) is 74.6 cm³/mol. The van der Waals surface area contributed by atoms with Crippen LogP contribution >= 0.6 is 15.9 Å². The number of oxime groups is 1. The van der Waals surface area contributed by atoms with Crippen LogP contribution in [-0.4, -0.2) is 20.8 Å². The molecule has 106 valence electrons. The monoisotopic (exact) mass is 342 g/mol. The third-order valence-corrected chi connectivity index (χ3v) is 3.29. The molecule has 0 aliphatic heterocycles. The Morgan fingerprint density at radius 1 is 1.55 bits per heavy atom. The van der Waals surface area contributed by atoms with E-state index in [1.165, 1.54) is 22.9 Å². The molecular formula is C12H12BrFN4O2. The number of ether oxygens (including phenoxy) is 1. The summed E-state index contributed by atoms with van der Waals surface area (Å²) in [6.45, 7) is 1.70. The van der Waals surface area contributed by atoms with Gasteiger partial charge in [0, 0.05) is 13.1 Å². The Hall–Kier alpha value is -2.09. The molecule has 0 saturated heterocycles. The molecule has 8 heteroatoms. The number of aryl methyl sites for hydroxylation is 2. The van der Waals surface area contributed by atoms with Crippen LogP contribution in [0.3, 0.4) is 0 Å². The highest BCUT2D eigenvalue weighted by Gasteiger charge is 2.20. The molecule has 0 aliphatic carbocycles. The van der Waals surface area contributed by atoms with Crippen LogP contribution in [0.5, 0.6) is 11.6 Å². The van der Waals surface area contributed by atoms with Crippen LogP contribution in [0.2, 0.25) is 0 Å². The van der Waals surface area contributed by atoms with Crippen molar-refractivity contribution in [3.63, 3.8) is 0 Å². The number of hydrogen-bond acceptors (Lipinski definition) is 4. The number of benzene rings is 1. The van der Waals surface area contributed by atoms with E-state index in [0.29, 0.717) is 15.7 Å². The minimum Gasteiger partial charge on any atom is -0.437 e. The molecule has 6 nitrogen and oxygen atoms in total. The number of amidine groups is 1. The predicted octanol–water partition coefficient (Wildman–Crippen LogP) is 2.52. The maximum Gasteiger partial charge on any atom is 0.229 e. The van der Waals surface area contributed by atoms with Gasteiger partial charge in [-0.1, -0.05) is 5.16 Å². The third-order valence-electron chi connectivity index (χ3n) is 2.63. The maximum absolute atomic E-state index is 13.3. The summed E-state index contributed by atoms with van der Waals surface area (Å²) >= 11 is 3.27. The van der Waals surface area contributed by atoms with Crippen LogP contribution in [-0.2, 0) is 7.05 Å². The van der Waals surface area contributed by atoms with E-state index >= 15 is 0 Å². The van der Waals surface area contributed by atoms with Crippen molar-refractivity contribution < 1.29 is 14.3 Å². The number of nitrogens with two attached hydrogens (primary N) is 1. The van der Waals surface area contributed by atoms with Crippen LogP contribution < -0.4 is 10.5 Å². The lowest BCUT2D eigenvalue weighted by Gasteiger charge is -2.09. The number of aromatic nitrogens is 2. The van der Waals surface area contributed by atoms with Crippen molar-refractivity contribution in [2.75, 3.05) is 0 Å². The van der Waals surface area contributed by atoms with Gasteiger partial charge in [0.25, 0.3) is 0 Å². The summed E-state index contributed by atoms with van der Waals surface area (Å²) in [5, 5.41) is 15.9. The second-order valence-corrected chi connectivity index (χ2v) is 4.91. The van der Waals surface area contributed by atoms with E-state index < -0.39 is 5.82 Å². The number of nitrogens with zero attached hydrogens (tertiary/aromatic N) is 3. The lowest BCUT2D eigenvalue weighted by molar-refractivity contribution is 0.318. The molecule has 1 heterocycles. The van der Waals surface area contributed by atoms with Crippen molar-refractivity contribution in [1.29, 1.82) is 0 Å². The summed E-state index contributed by atoms with van der Waals surface area (Å²) in [5.41, 5.74) is 6.50. The van der Waals surface area contributed by atoms with Crippen LogP contribution in [0.1, 0.15) is 11.3 Å². The van der Waals surface area contributed by atoms with Crippen molar-refractivity contribution in [1.82, 2.24) is 9.78 Å². The van der Waals surface area contributed by atoms with Crippen LogP contribution in [0.15, 0.2) is 27.8 Å². The Morgan fingerprint density at radius 2 is 2.25 bits per heavy atom. The normalized spacial score (nSPS) is 11.7. The van der Waals surface area contributed by atoms with E-state index in [0.717, 1.165) is 0 Å². The van der Waals surface area contributed by atoms with Gasteiger partial charge in [-0.2, -0.15) is 5.10 Å². The van der Waals surface area contributed by atoms with Gasteiger partial charge in [-0.3, -0.25) is 0 Å². The third kappa shape index (κ3) is 2.60. The highest BCUT2D eigenvalue weighted by atomic mass is 79.9. The first-order valence-electron chi connectivity index (χ1n) is 5.58. The van der Waals surface area contributed by atoms with E-state index in [-0.39, 0.29) is 17.5 Å². The smallest absolute Gasteiger partial charge is 0.229 e. The highest BCUT2D eigenvalue weighted by molar-refractivity contribution is 9.10. The Kier molecular flexibility index (Phi) is 3.93. The van der Waals surface area contributed by atoms with Gasteiger partial charge < -0.3 is 15.7 Å². The maximum atomic E-state index is 13.3. The van der Waals surface area contributed by atoms with Gasteiger partial charge in [0.1, 0.15) is 17.1 Å². The fourth-order valence-electron chi connectivity index (χ4n) is 1.76. The van der Waals surface area contributed by atoms with E-state index in [2.05, 4.69) is 26.2 Å². The lowest BCUT2D eigenvalue weighted by atomic mass is 10.2. The number of rotatable bonds is 3. The van der Waals surface area contributed by atoms with Gasteiger partial charge in [0.2, 0.25) is 5.88 Å². The molecule has 0 radical (unpaired) electrons. The van der Waals surface area contributed by atoms with Crippen molar-refractivity contribution in [2.45, 2.75) is 6.92 Å². The molecule has 0 saturated carbocycles. The Balaban J connectivity index is 2.51. The van der Waals surface area contributed by atoms with E-state index in [4.69, 9.17) is 15.7 Å². The zero-order valence-corrected chi connectivity index (χ0v) is 12.3. The molecule has 2 rings (SSSR count). The molecule has 0 unspecified atom stereocenters. The first-order valence-corrected chi connectivity index (χ1v) is 6.37. The highest BCUT2D eigenvalue weighted by Crippen LogP contribution is 2.32. The Bertz CT molecular complexity index is 684. The summed E-state index contributed by atoms with van der Waals surface area (Å²) in [7, 11) is 1.64. The van der Waals surface area contributed by atoms with Gasteiger partial charge in [-0.15, -0.1) is 0 Å². The molecule has 0 spiro atoms. The molecule has 0 bridgehead atoms. The molecule has 20 heavy (non-hydrogen) atoms. The summed E-state index contributed by atoms with van der Waals surface area (Å²) in [6.07, 6.45) is 0. The second-order valence-electron chi connectivity index (χ2n) is 4.05. The van der Waals surface area contributed by atoms with Gasteiger partial charge >= 0.3 is 0 Å². The molecule has 0 fully saturated rings. The Morgan fingerprint density at radius 3 is 2.90 bits per heavy atom. The molecule has 0 amide bonds. The first-order chi connectivity index (χ1) is 9.43. The molecule has 3 N–H and O–H groups in total. The standard InChI is InChI=1S/C12H12BrFN4O2/c1-6-10(11(15)17-19)12(18(2)16-6)20-9-5-7(14)3-4-8(9)13/h3-5,19H,1-2H3,(H2,15,17). The van der Waals surface area contributed by atoms with Crippen molar-refractivity contribution in [3.05, 3.63) is 39.7 Å². The SMILES string of the molecule is Cc1nn(C)c(Oc2cc(F)ccc2Br)c1/C(N)=N/O. The topological polar surface area (TPSA) is 85.7 Å². The van der Waals surface area contributed by atoms with Crippen molar-refractivity contribution in [2.24, 2.45) is 17.9 Å². The summed E-state index contributed by atoms with van der Waals surface area (Å²) < 4.78 is 20.9. The van der Waals surface area contributed by atoms with Crippen molar-refractivity contribution >= 4 is 21.8 Å². The average Bonchev–Trinajstić information content (AvgIpc) is 2.68. The minimum absolute atomic E-state index is 0.127. The molecule has 2 aromatic rings. The zero-order chi connectivity index (χ0) is 14.9. The van der Waals surface area contributed by atoms with Gasteiger partial charge in [-0.05, 0) is 35.0 Å². The summed E-state index contributed by atoms with van der Waals surface area (Å²) in [5.74, 6) is -0.0466. The van der Waals surface area contributed by atoms with Crippen LogP contribution in [0.25, 0.3) is 0 Å². The summed E-state index contributed by atoms with van der Waals surface area (Å²) in [6, 6.07) is 4.05. The molecule has 0 aliphatic rings. The lowest BCUT2D eigenvalue weighted by Crippen LogP contribution is -2.15. The van der Waals surface area contributed by atoms with E-state index in [1.54, 1.807) is 14.0 Å². The number of hydrogen-bond donors (Lipinski definition) is 2. The summed E-state index contributed by atoms with van der Waals surface area (Å²) in [4.78, 5) is 0. The molecular weight excluding hydrogens is 331 g/mol. The van der Waals surface area contributed by atoms with E-state index in [1.807, 2.05) is 0 Å². The van der Waals surface area contributed by atoms with Gasteiger partial charge in [0.05, 0.1) is 10.2 Å². The molecule has 1 aromatic heterocycles. The van der Waals surface area contributed by atoms with Crippen LogP contribution in [0, 0.1) is 12.7 Å². The first kappa shape index (κ1) is 14.3. The second kappa shape index (κ2) is 5.49. The zero-order valence-electron chi connectivity index (χ0n) is 10.8. The van der Waals surface area contributed by atoms with Crippen LogP contribution in [0.4, 0.5) is 4.39 Å². The quantitative estimate of drug-likeness (QED) is 0.388. The minimum atomic E-state index is -0.438. The molecule has 1 aromatic carbocycles. The van der Waals surface area contributed by atoms with Gasteiger partial charge in [0.15, 0.2) is 5.84 Å². The van der Waals surface area contributed by atoms with Gasteiger partial charge in [-0.25, -0.2) is 9.07 Å². The van der Waals surface area contributed by atoms with Crippen molar-refractivity contribution in [3.8, 4) is 11.6 Å². The molecule has 0 atom stereocenters. The fourth-order valence-corrected chi connectivity index (χ4v) is 2.09. The fraction of sp³-hybridized carbons (Fsp3) is 0.167. The number of halogens is 2. The largest absolute Gasteiger partial charge is 0.437 e. The van der Waals surface area contributed by atoms with E-state index in [9.17, 15) is 4.39 Å². The Labute approximate surface area is 122 Å².